The van der Waals surface area contributed by atoms with Crippen molar-refractivity contribution in [2.45, 2.75) is 51.0 Å². The summed E-state index contributed by atoms with van der Waals surface area (Å²) in [5.41, 5.74) is 2.82. The highest BCUT2D eigenvalue weighted by atomic mass is 16.2. The van der Waals surface area contributed by atoms with Gasteiger partial charge in [-0.1, -0.05) is 38.1 Å². The first-order chi connectivity index (χ1) is 13.0. The Morgan fingerprint density at radius 1 is 1.22 bits per heavy atom. The molecule has 2 heterocycles. The van der Waals surface area contributed by atoms with Gasteiger partial charge in [-0.3, -0.25) is 9.78 Å². The Balaban J connectivity index is 1.46. The summed E-state index contributed by atoms with van der Waals surface area (Å²) < 4.78 is 0. The van der Waals surface area contributed by atoms with Crippen LogP contribution >= 0.6 is 0 Å². The molecule has 1 fully saturated rings. The molecule has 0 saturated carbocycles. The van der Waals surface area contributed by atoms with E-state index in [1.165, 1.54) is 11.1 Å². The van der Waals surface area contributed by atoms with E-state index in [0.717, 1.165) is 38.0 Å². The molecule has 1 amide bonds. The quantitative estimate of drug-likeness (QED) is 0.904. The summed E-state index contributed by atoms with van der Waals surface area (Å²) in [4.78, 5) is 23.8. The molecule has 4 rings (SSSR count). The smallest absolute Gasteiger partial charge is 0.225 e. The number of hydrogen-bond acceptors (Lipinski definition) is 4. The normalized spacial score (nSPS) is 24.1. The molecule has 5 heteroatoms. The zero-order valence-electron chi connectivity index (χ0n) is 16.2. The third kappa shape index (κ3) is 3.68. The fourth-order valence-corrected chi connectivity index (χ4v) is 4.51. The molecule has 27 heavy (non-hydrogen) atoms. The maximum atomic E-state index is 13.0. The van der Waals surface area contributed by atoms with Crippen LogP contribution in [-0.2, 0) is 10.2 Å². The minimum atomic E-state index is 0.00264. The minimum Gasteiger partial charge on any atom is -0.355 e. The summed E-state index contributed by atoms with van der Waals surface area (Å²) in [6.45, 7) is 6.24. The largest absolute Gasteiger partial charge is 0.355 e. The summed E-state index contributed by atoms with van der Waals surface area (Å²) in [5, 5.41) is 3.35. The van der Waals surface area contributed by atoms with E-state index in [-0.39, 0.29) is 23.3 Å². The number of anilines is 1. The number of aromatic nitrogens is 2. The molecule has 2 atom stereocenters. The van der Waals surface area contributed by atoms with E-state index in [0.29, 0.717) is 6.54 Å². The van der Waals surface area contributed by atoms with Crippen molar-refractivity contribution < 1.29 is 4.79 Å². The number of benzene rings is 1. The van der Waals surface area contributed by atoms with Gasteiger partial charge in [0.25, 0.3) is 0 Å². The number of carbonyl (C=O) groups is 1. The number of hydrogen-bond donors (Lipinski definition) is 1. The predicted octanol–water partition coefficient (Wildman–Crippen LogP) is 3.62. The lowest BCUT2D eigenvalue weighted by Crippen LogP contribution is -2.45. The molecule has 0 spiro atoms. The average molecular weight is 364 g/mol. The number of carbonyl (C=O) groups excluding carboxylic acids is 1. The van der Waals surface area contributed by atoms with Gasteiger partial charge in [0.05, 0.1) is 18.2 Å². The van der Waals surface area contributed by atoms with Crippen molar-refractivity contribution >= 4 is 11.7 Å². The van der Waals surface area contributed by atoms with Crippen LogP contribution in [0.2, 0.25) is 0 Å². The van der Waals surface area contributed by atoms with Gasteiger partial charge in [0.2, 0.25) is 5.91 Å². The zero-order valence-corrected chi connectivity index (χ0v) is 16.2. The molecule has 1 aliphatic heterocycles. The van der Waals surface area contributed by atoms with Gasteiger partial charge in [0, 0.05) is 25.5 Å². The lowest BCUT2D eigenvalue weighted by atomic mass is 9.71. The maximum absolute atomic E-state index is 13.0. The molecule has 1 aromatic heterocycles. The van der Waals surface area contributed by atoms with Crippen LogP contribution in [0, 0.1) is 5.92 Å². The number of piperidine rings is 1. The van der Waals surface area contributed by atoms with Gasteiger partial charge in [0.1, 0.15) is 5.82 Å². The van der Waals surface area contributed by atoms with Crippen LogP contribution < -0.4 is 10.2 Å². The molecule has 2 aromatic rings. The summed E-state index contributed by atoms with van der Waals surface area (Å²) in [6.07, 6.45) is 9.19. The highest BCUT2D eigenvalue weighted by molar-refractivity contribution is 5.80. The van der Waals surface area contributed by atoms with Gasteiger partial charge in [-0.05, 0) is 42.2 Å². The van der Waals surface area contributed by atoms with Crippen LogP contribution in [0.15, 0.2) is 42.9 Å². The molecule has 2 aliphatic rings. The van der Waals surface area contributed by atoms with Crippen LogP contribution in [0.25, 0.3) is 0 Å². The molecule has 2 unspecified atom stereocenters. The standard InChI is InChI=1S/C22H28N4O/c1-22(2)10-9-19(17-7-3-4-8-18(17)22)25-21(27)16-6-5-13-26(15-16)20-14-23-11-12-24-20/h3-4,7-8,11-12,14,16,19H,5-6,9-10,13,15H2,1-2H3,(H,25,27). The Bertz CT molecular complexity index is 805. The molecule has 1 N–H and O–H groups in total. The predicted molar refractivity (Wildman–Crippen MR) is 107 cm³/mol. The molecule has 1 aromatic carbocycles. The lowest BCUT2D eigenvalue weighted by molar-refractivity contribution is -0.126. The lowest BCUT2D eigenvalue weighted by Gasteiger charge is -2.38. The topological polar surface area (TPSA) is 58.1 Å². The first kappa shape index (κ1) is 18.0. The molecule has 5 nitrogen and oxygen atoms in total. The summed E-state index contributed by atoms with van der Waals surface area (Å²) >= 11 is 0. The third-order valence-electron chi connectivity index (χ3n) is 6.11. The Morgan fingerprint density at radius 3 is 2.89 bits per heavy atom. The second kappa shape index (κ2) is 7.29. The summed E-state index contributed by atoms with van der Waals surface area (Å²) in [6, 6.07) is 8.69. The Labute approximate surface area is 161 Å². The van der Waals surface area contributed by atoms with Gasteiger partial charge in [0.15, 0.2) is 0 Å². The van der Waals surface area contributed by atoms with Gasteiger partial charge in [-0.25, -0.2) is 4.98 Å². The molecule has 0 radical (unpaired) electrons. The van der Waals surface area contributed by atoms with Crippen molar-refractivity contribution in [3.8, 4) is 0 Å². The summed E-state index contributed by atoms with van der Waals surface area (Å²) in [7, 11) is 0. The van der Waals surface area contributed by atoms with E-state index in [1.54, 1.807) is 18.6 Å². The van der Waals surface area contributed by atoms with Crippen LogP contribution in [0.1, 0.15) is 56.7 Å². The average Bonchev–Trinajstić information content (AvgIpc) is 2.71. The van der Waals surface area contributed by atoms with Crippen LogP contribution in [0.5, 0.6) is 0 Å². The molecular formula is C22H28N4O. The highest BCUT2D eigenvalue weighted by Gasteiger charge is 2.34. The van der Waals surface area contributed by atoms with Crippen molar-refractivity contribution in [2.75, 3.05) is 18.0 Å². The SMILES string of the molecule is CC1(C)CCC(NC(=O)C2CCCN(c3cnccn3)C2)c2ccccc21. The van der Waals surface area contributed by atoms with Gasteiger partial charge >= 0.3 is 0 Å². The van der Waals surface area contributed by atoms with E-state index in [1.807, 2.05) is 0 Å². The first-order valence-electron chi connectivity index (χ1n) is 9.95. The van der Waals surface area contributed by atoms with E-state index in [9.17, 15) is 4.79 Å². The van der Waals surface area contributed by atoms with Crippen LogP contribution in [-0.4, -0.2) is 29.0 Å². The van der Waals surface area contributed by atoms with Gasteiger partial charge in [-0.2, -0.15) is 0 Å². The van der Waals surface area contributed by atoms with Crippen molar-refractivity contribution in [3.05, 3.63) is 54.0 Å². The van der Waals surface area contributed by atoms with Crippen molar-refractivity contribution in [3.63, 3.8) is 0 Å². The maximum Gasteiger partial charge on any atom is 0.225 e. The number of nitrogens with one attached hydrogen (secondary N) is 1. The van der Waals surface area contributed by atoms with E-state index < -0.39 is 0 Å². The molecule has 1 saturated heterocycles. The van der Waals surface area contributed by atoms with E-state index >= 15 is 0 Å². The minimum absolute atomic E-state index is 0.00264. The Morgan fingerprint density at radius 2 is 2.07 bits per heavy atom. The van der Waals surface area contributed by atoms with Crippen molar-refractivity contribution in [2.24, 2.45) is 5.92 Å². The Hall–Kier alpha value is -2.43. The monoisotopic (exact) mass is 364 g/mol. The first-order valence-corrected chi connectivity index (χ1v) is 9.95. The number of fused-ring (bicyclic) bond motifs is 1. The number of rotatable bonds is 3. The highest BCUT2D eigenvalue weighted by Crippen LogP contribution is 2.41. The number of amides is 1. The second-order valence-corrected chi connectivity index (χ2v) is 8.42. The van der Waals surface area contributed by atoms with E-state index in [2.05, 4.69) is 58.3 Å². The molecule has 0 bridgehead atoms. The van der Waals surface area contributed by atoms with Crippen LogP contribution in [0.3, 0.4) is 0 Å². The van der Waals surface area contributed by atoms with E-state index in [4.69, 9.17) is 0 Å². The fourth-order valence-electron chi connectivity index (χ4n) is 4.51. The van der Waals surface area contributed by atoms with Crippen LogP contribution in [0.4, 0.5) is 5.82 Å². The Kier molecular flexibility index (Phi) is 4.85. The molecule has 1 aliphatic carbocycles. The second-order valence-electron chi connectivity index (χ2n) is 8.42. The number of nitrogens with zero attached hydrogens (tertiary/aromatic N) is 3. The van der Waals surface area contributed by atoms with Gasteiger partial charge < -0.3 is 10.2 Å². The third-order valence-corrected chi connectivity index (χ3v) is 6.11. The summed E-state index contributed by atoms with van der Waals surface area (Å²) in [5.74, 6) is 1.03. The fraction of sp³-hybridized carbons (Fsp3) is 0.500. The zero-order chi connectivity index (χ0) is 18.9. The molecule has 142 valence electrons. The van der Waals surface area contributed by atoms with Gasteiger partial charge in [-0.15, -0.1) is 0 Å². The molecular weight excluding hydrogens is 336 g/mol. The van der Waals surface area contributed by atoms with Crippen molar-refractivity contribution in [1.82, 2.24) is 15.3 Å². The van der Waals surface area contributed by atoms with Crippen molar-refractivity contribution in [1.29, 1.82) is 0 Å².